The molecule has 162 valence electrons. The lowest BCUT2D eigenvalue weighted by Crippen LogP contribution is -2.23. The van der Waals surface area contributed by atoms with E-state index in [1.807, 2.05) is 41.8 Å². The quantitative estimate of drug-likeness (QED) is 0.493. The van der Waals surface area contributed by atoms with Gasteiger partial charge >= 0.3 is 0 Å². The maximum absolute atomic E-state index is 12.9. The van der Waals surface area contributed by atoms with Crippen molar-refractivity contribution < 1.29 is 19.0 Å². The fourth-order valence-electron chi connectivity index (χ4n) is 3.70. The predicted molar refractivity (Wildman–Crippen MR) is 119 cm³/mol. The summed E-state index contributed by atoms with van der Waals surface area (Å²) in [5.74, 6) is 2.17. The summed E-state index contributed by atoms with van der Waals surface area (Å²) in [5.41, 5.74) is 3.28. The Morgan fingerprint density at radius 3 is 2.91 bits per heavy atom. The van der Waals surface area contributed by atoms with Crippen LogP contribution in [-0.4, -0.2) is 34.3 Å². The maximum Gasteiger partial charge on any atom is 0.255 e. The second-order valence-electron chi connectivity index (χ2n) is 7.21. The third-order valence-corrected chi connectivity index (χ3v) is 5.53. The normalized spacial score (nSPS) is 12.2. The average Bonchev–Trinajstić information content (AvgIpc) is 3.40. The Morgan fingerprint density at radius 2 is 2.06 bits per heavy atom. The number of pyridine rings is 1. The Morgan fingerprint density at radius 1 is 1.22 bits per heavy atom. The van der Waals surface area contributed by atoms with E-state index >= 15 is 0 Å². The minimum absolute atomic E-state index is 0.203. The first-order valence-corrected chi connectivity index (χ1v) is 10.3. The third kappa shape index (κ3) is 3.48. The molecule has 0 saturated carbocycles. The number of aryl methyl sites for hydroxylation is 1. The van der Waals surface area contributed by atoms with Crippen LogP contribution in [0.1, 0.15) is 21.7 Å². The highest BCUT2D eigenvalue weighted by atomic mass is 35.5. The van der Waals surface area contributed by atoms with Crippen molar-refractivity contribution in [1.29, 1.82) is 0 Å². The molecule has 0 aliphatic carbocycles. The number of carbonyl (C=O) groups excluding carboxylic acids is 1. The Balaban J connectivity index is 1.44. The summed E-state index contributed by atoms with van der Waals surface area (Å²) in [7, 11) is 1.51. The molecule has 1 aliphatic rings. The summed E-state index contributed by atoms with van der Waals surface area (Å²) in [6.07, 6.45) is 1.70. The van der Waals surface area contributed by atoms with Gasteiger partial charge in [-0.1, -0.05) is 17.7 Å². The highest BCUT2D eigenvalue weighted by Gasteiger charge is 2.20. The number of carbonyl (C=O) groups is 1. The number of nitrogens with zero attached hydrogens (tertiary/aromatic N) is 3. The van der Waals surface area contributed by atoms with Crippen molar-refractivity contribution in [2.75, 3.05) is 13.9 Å². The van der Waals surface area contributed by atoms with E-state index in [0.29, 0.717) is 45.7 Å². The van der Waals surface area contributed by atoms with E-state index < -0.39 is 0 Å². The summed E-state index contributed by atoms with van der Waals surface area (Å²) in [6, 6.07) is 12.6. The Bertz CT molecular complexity index is 1350. The Labute approximate surface area is 188 Å². The zero-order valence-corrected chi connectivity index (χ0v) is 18.1. The molecule has 2 aromatic heterocycles. The maximum atomic E-state index is 12.9. The number of benzene rings is 2. The summed E-state index contributed by atoms with van der Waals surface area (Å²) < 4.78 is 18.1. The van der Waals surface area contributed by atoms with E-state index in [1.54, 1.807) is 18.3 Å². The second-order valence-corrected chi connectivity index (χ2v) is 7.62. The van der Waals surface area contributed by atoms with Crippen LogP contribution in [0.4, 0.5) is 0 Å². The molecule has 1 N–H and O–H groups in total. The molecule has 0 bridgehead atoms. The summed E-state index contributed by atoms with van der Waals surface area (Å²) in [4.78, 5) is 21.9. The minimum Gasteiger partial charge on any atom is -0.496 e. The van der Waals surface area contributed by atoms with Crippen LogP contribution in [-0.2, 0) is 6.54 Å². The highest BCUT2D eigenvalue weighted by molar-refractivity contribution is 6.33. The van der Waals surface area contributed by atoms with E-state index in [4.69, 9.17) is 25.8 Å². The first kappa shape index (κ1) is 20.1. The largest absolute Gasteiger partial charge is 0.496 e. The zero-order valence-electron chi connectivity index (χ0n) is 17.4. The van der Waals surface area contributed by atoms with Crippen LogP contribution in [0.25, 0.3) is 16.9 Å². The molecule has 0 fully saturated rings. The lowest BCUT2D eigenvalue weighted by molar-refractivity contribution is 0.0948. The summed E-state index contributed by atoms with van der Waals surface area (Å²) >= 11 is 6.60. The van der Waals surface area contributed by atoms with Crippen LogP contribution in [0, 0.1) is 6.92 Å². The molecule has 0 spiro atoms. The number of hydrogen-bond donors (Lipinski definition) is 1. The lowest BCUT2D eigenvalue weighted by Gasteiger charge is -2.15. The number of ether oxygens (including phenoxy) is 3. The molecule has 1 amide bonds. The van der Waals surface area contributed by atoms with Gasteiger partial charge in [0.05, 0.1) is 23.4 Å². The molecule has 0 atom stereocenters. The fourth-order valence-corrected chi connectivity index (χ4v) is 3.95. The molecular weight excluding hydrogens is 432 g/mol. The van der Waals surface area contributed by atoms with Crippen molar-refractivity contribution in [2.24, 2.45) is 0 Å². The van der Waals surface area contributed by atoms with Crippen molar-refractivity contribution in [3.8, 4) is 22.9 Å². The molecule has 0 unspecified atom stereocenters. The number of hydrogen-bond acceptors (Lipinski definition) is 6. The molecule has 0 saturated heterocycles. The van der Waals surface area contributed by atoms with Gasteiger partial charge in [0.25, 0.3) is 5.91 Å². The van der Waals surface area contributed by atoms with E-state index in [9.17, 15) is 4.79 Å². The van der Waals surface area contributed by atoms with Gasteiger partial charge in [0.2, 0.25) is 6.79 Å². The van der Waals surface area contributed by atoms with Gasteiger partial charge in [0.15, 0.2) is 17.1 Å². The van der Waals surface area contributed by atoms with Crippen LogP contribution < -0.4 is 19.5 Å². The first-order chi connectivity index (χ1) is 15.5. The number of fused-ring (bicyclic) bond motifs is 2. The van der Waals surface area contributed by atoms with Gasteiger partial charge in [-0.2, -0.15) is 0 Å². The third-order valence-electron chi connectivity index (χ3n) is 5.23. The number of rotatable bonds is 5. The van der Waals surface area contributed by atoms with Crippen molar-refractivity contribution in [2.45, 2.75) is 13.5 Å². The predicted octanol–water partition coefficient (Wildman–Crippen LogP) is 4.05. The van der Waals surface area contributed by atoms with Crippen LogP contribution in [0.3, 0.4) is 0 Å². The topological polar surface area (TPSA) is 87.5 Å². The SMILES string of the molecule is COc1cc(-n2c(C)nc3cccnc32)c(Cl)cc1C(=O)NCc1ccc2c(c1)OCO2. The van der Waals surface area contributed by atoms with E-state index in [2.05, 4.69) is 15.3 Å². The molecule has 9 heteroatoms. The van der Waals surface area contributed by atoms with E-state index in [1.165, 1.54) is 7.11 Å². The molecule has 8 nitrogen and oxygen atoms in total. The van der Waals surface area contributed by atoms with Gasteiger partial charge < -0.3 is 19.5 Å². The number of aromatic nitrogens is 3. The smallest absolute Gasteiger partial charge is 0.255 e. The minimum atomic E-state index is -0.307. The van der Waals surface area contributed by atoms with Gasteiger partial charge in [0.1, 0.15) is 17.1 Å². The monoisotopic (exact) mass is 450 g/mol. The lowest BCUT2D eigenvalue weighted by atomic mass is 10.1. The molecule has 32 heavy (non-hydrogen) atoms. The standard InChI is InChI=1S/C23H19ClN4O4/c1-13-27-17-4-3-7-25-22(17)28(13)18-10-20(30-2)15(9-16(18)24)23(29)26-11-14-5-6-19-21(8-14)32-12-31-19/h3-10H,11-12H2,1-2H3,(H,26,29). The Kier molecular flexibility index (Phi) is 5.07. The molecule has 0 radical (unpaired) electrons. The van der Waals surface area contributed by atoms with Gasteiger partial charge in [0, 0.05) is 18.8 Å². The van der Waals surface area contributed by atoms with E-state index in [-0.39, 0.29) is 12.7 Å². The molecule has 3 heterocycles. The number of nitrogens with one attached hydrogen (secondary N) is 1. The Hall–Kier alpha value is -3.78. The molecule has 4 aromatic rings. The van der Waals surface area contributed by atoms with Crippen LogP contribution in [0.15, 0.2) is 48.7 Å². The number of amides is 1. The van der Waals surface area contributed by atoms with Crippen molar-refractivity contribution >= 4 is 28.7 Å². The fraction of sp³-hybridized carbons (Fsp3) is 0.174. The number of halogens is 1. The van der Waals surface area contributed by atoms with Crippen LogP contribution >= 0.6 is 11.6 Å². The molecule has 1 aliphatic heterocycles. The van der Waals surface area contributed by atoms with E-state index in [0.717, 1.165) is 16.9 Å². The second kappa shape index (κ2) is 8.05. The average molecular weight is 451 g/mol. The highest BCUT2D eigenvalue weighted by Crippen LogP contribution is 2.34. The van der Waals surface area contributed by atoms with Crippen molar-refractivity contribution in [3.05, 3.63) is 70.6 Å². The van der Waals surface area contributed by atoms with Gasteiger partial charge in [-0.05, 0) is 42.8 Å². The number of imidazole rings is 1. The molecule has 2 aromatic carbocycles. The molecular formula is C23H19ClN4O4. The van der Waals surface area contributed by atoms with Crippen LogP contribution in [0.5, 0.6) is 17.2 Å². The summed E-state index contributed by atoms with van der Waals surface area (Å²) in [6.45, 7) is 2.39. The summed E-state index contributed by atoms with van der Waals surface area (Å²) in [5, 5.41) is 3.28. The van der Waals surface area contributed by atoms with Gasteiger partial charge in [-0.25, -0.2) is 9.97 Å². The van der Waals surface area contributed by atoms with Gasteiger partial charge in [-0.3, -0.25) is 9.36 Å². The van der Waals surface area contributed by atoms with Crippen LogP contribution in [0.2, 0.25) is 5.02 Å². The molecule has 5 rings (SSSR count). The van der Waals surface area contributed by atoms with Crippen molar-refractivity contribution in [3.63, 3.8) is 0 Å². The zero-order chi connectivity index (χ0) is 22.2. The van der Waals surface area contributed by atoms with Crippen molar-refractivity contribution in [1.82, 2.24) is 19.9 Å². The van der Waals surface area contributed by atoms with Gasteiger partial charge in [-0.15, -0.1) is 0 Å². The number of methoxy groups -OCH3 is 1. The first-order valence-electron chi connectivity index (χ1n) is 9.90.